The third-order valence-corrected chi connectivity index (χ3v) is 20.1. The molecular formula is C53H64N7O8PSi. The summed E-state index contributed by atoms with van der Waals surface area (Å²) >= 11 is 0. The van der Waals surface area contributed by atoms with Gasteiger partial charge >= 0.3 is 0 Å². The fraction of sp³-hybridized carbons (Fsp3) is 0.415. The smallest absolute Gasteiger partial charge is 0.259 e. The maximum atomic E-state index is 13.5. The van der Waals surface area contributed by atoms with Crippen LogP contribution in [0.2, 0.25) is 18.1 Å². The maximum absolute atomic E-state index is 13.5. The molecule has 1 aliphatic carbocycles. The summed E-state index contributed by atoms with van der Waals surface area (Å²) in [5.41, 5.74) is 1.33. The Morgan fingerprint density at radius 2 is 1.41 bits per heavy atom. The Morgan fingerprint density at radius 3 is 1.96 bits per heavy atom. The lowest BCUT2D eigenvalue weighted by Gasteiger charge is -2.44. The highest BCUT2D eigenvalue weighted by atomic mass is 31.2. The second-order valence-corrected chi connectivity index (χ2v) is 25.8. The Hall–Kier alpha value is -5.60. The number of benzene rings is 4. The minimum Gasteiger partial charge on any atom is -0.497 e. The van der Waals surface area contributed by atoms with E-state index in [9.17, 15) is 10.1 Å². The standard InChI is InChI=1S/C53H64N7O8PSi/c1-35(2)60(36(3)4)69(64-32-18-31-54)67-46-50(59-34-57-43-47(55-33-56-48(43)59)58-49(61)37-19-14-12-15-20-37)65-44-45(53(44,46)68-70(10,11)51(5,6)7)66-52(38-21-16-13-17-22-38,39-23-27-41(62-8)28-24-39)40-25-29-42(63-9)30-26-40/h12-17,19-30,33-36,44-46,50H,18,32H2,1-11H3,(H,55,56,58,61)/t44-,45?,46+,50-,53+,69?/m1/s1. The number of amides is 1. The zero-order valence-electron chi connectivity index (χ0n) is 41.8. The van der Waals surface area contributed by atoms with Gasteiger partial charge in [0.05, 0.1) is 39.6 Å². The molecule has 15 nitrogen and oxygen atoms in total. The Labute approximate surface area is 413 Å². The van der Waals surface area contributed by atoms with Gasteiger partial charge in [0, 0.05) is 17.6 Å². The van der Waals surface area contributed by atoms with Crippen LogP contribution in [0.3, 0.4) is 0 Å². The van der Waals surface area contributed by atoms with Crippen LogP contribution in [0.15, 0.2) is 122 Å². The minimum atomic E-state index is -2.76. The number of rotatable bonds is 20. The molecule has 1 amide bonds. The number of hydrogen-bond acceptors (Lipinski definition) is 13. The first-order valence-corrected chi connectivity index (χ1v) is 27.7. The molecule has 17 heteroatoms. The molecule has 2 unspecified atom stereocenters. The number of carbonyl (C=O) groups is 1. The first kappa shape index (κ1) is 50.8. The van der Waals surface area contributed by atoms with E-state index in [0.29, 0.717) is 28.2 Å². The van der Waals surface area contributed by atoms with E-state index in [2.05, 4.69) is 94.7 Å². The van der Waals surface area contributed by atoms with Crippen molar-refractivity contribution in [2.45, 2.75) is 121 Å². The molecule has 8 rings (SSSR count). The van der Waals surface area contributed by atoms with Gasteiger partial charge in [-0.1, -0.05) is 93.6 Å². The second-order valence-electron chi connectivity index (χ2n) is 19.6. The molecule has 0 spiro atoms. The summed E-state index contributed by atoms with van der Waals surface area (Å²) in [5, 5.41) is 12.4. The van der Waals surface area contributed by atoms with Gasteiger partial charge in [0.25, 0.3) is 14.4 Å². The number of ether oxygens (including phenoxy) is 4. The van der Waals surface area contributed by atoms with Gasteiger partial charge in [-0.15, -0.1) is 0 Å². The highest BCUT2D eigenvalue weighted by Gasteiger charge is 2.83. The third-order valence-electron chi connectivity index (χ3n) is 13.5. The number of nitrogens with one attached hydrogen (secondary N) is 1. The van der Waals surface area contributed by atoms with Gasteiger partial charge < -0.3 is 37.7 Å². The van der Waals surface area contributed by atoms with Crippen molar-refractivity contribution in [2.24, 2.45) is 0 Å². The largest absolute Gasteiger partial charge is 0.497 e. The molecule has 1 saturated heterocycles. The van der Waals surface area contributed by atoms with E-state index >= 15 is 0 Å². The Bertz CT molecular complexity index is 2710. The van der Waals surface area contributed by atoms with Crippen LogP contribution >= 0.6 is 8.53 Å². The summed E-state index contributed by atoms with van der Waals surface area (Å²) in [6.07, 6.45) is -0.0409. The lowest BCUT2D eigenvalue weighted by molar-refractivity contribution is -0.125. The van der Waals surface area contributed by atoms with Crippen molar-refractivity contribution in [3.8, 4) is 17.6 Å². The number of aromatic nitrogens is 4. The van der Waals surface area contributed by atoms with E-state index in [1.165, 1.54) is 6.33 Å². The summed E-state index contributed by atoms with van der Waals surface area (Å²) in [4.78, 5) is 27.5. The molecule has 3 heterocycles. The molecule has 1 aliphatic heterocycles. The average Bonchev–Trinajstić information content (AvgIpc) is 3.56. The first-order valence-electron chi connectivity index (χ1n) is 23.7. The van der Waals surface area contributed by atoms with Crippen molar-refractivity contribution in [1.82, 2.24) is 24.2 Å². The number of nitrogens with zero attached hydrogens (tertiary/aromatic N) is 6. The molecule has 2 fully saturated rings. The predicted octanol–water partition coefficient (Wildman–Crippen LogP) is 10.8. The molecule has 368 valence electrons. The molecule has 1 saturated carbocycles. The van der Waals surface area contributed by atoms with Crippen molar-refractivity contribution >= 4 is 39.7 Å². The highest BCUT2D eigenvalue weighted by Crippen LogP contribution is 2.66. The van der Waals surface area contributed by atoms with Crippen LogP contribution in [0, 0.1) is 11.3 Å². The lowest BCUT2D eigenvalue weighted by Crippen LogP contribution is -2.52. The van der Waals surface area contributed by atoms with Crippen LogP contribution in [0.1, 0.15) is 88.2 Å². The molecule has 70 heavy (non-hydrogen) atoms. The van der Waals surface area contributed by atoms with Gasteiger partial charge in [-0.3, -0.25) is 9.36 Å². The zero-order valence-corrected chi connectivity index (χ0v) is 43.7. The number of imidazole rings is 1. The quantitative estimate of drug-likeness (QED) is 0.0333. The molecule has 2 aromatic heterocycles. The maximum Gasteiger partial charge on any atom is 0.259 e. The molecule has 0 radical (unpaired) electrons. The van der Waals surface area contributed by atoms with Crippen molar-refractivity contribution in [1.29, 1.82) is 5.26 Å². The van der Waals surface area contributed by atoms with E-state index in [4.69, 9.17) is 42.4 Å². The van der Waals surface area contributed by atoms with Gasteiger partial charge in [-0.25, -0.2) is 19.6 Å². The van der Waals surface area contributed by atoms with Crippen LogP contribution in [-0.2, 0) is 28.5 Å². The normalized spacial score (nSPS) is 20.6. The summed E-state index contributed by atoms with van der Waals surface area (Å²) in [6.45, 7) is 19.6. The number of carbonyl (C=O) groups excluding carboxylic acids is 1. The molecule has 6 aromatic rings. The predicted molar refractivity (Wildman–Crippen MR) is 272 cm³/mol. The summed E-state index contributed by atoms with van der Waals surface area (Å²) < 4.78 is 52.8. The van der Waals surface area contributed by atoms with Crippen molar-refractivity contribution in [3.05, 3.63) is 144 Å². The molecule has 0 bridgehead atoms. The van der Waals surface area contributed by atoms with E-state index in [-0.39, 0.29) is 41.9 Å². The van der Waals surface area contributed by atoms with Crippen LogP contribution < -0.4 is 14.8 Å². The monoisotopic (exact) mass is 985 g/mol. The second kappa shape index (κ2) is 20.6. The molecule has 2 aliphatic rings. The fourth-order valence-electron chi connectivity index (χ4n) is 9.05. The third kappa shape index (κ3) is 9.62. The van der Waals surface area contributed by atoms with Gasteiger partial charge in [0.15, 0.2) is 31.5 Å². The van der Waals surface area contributed by atoms with E-state index < -0.39 is 52.6 Å². The fourth-order valence-corrected chi connectivity index (χ4v) is 12.4. The van der Waals surface area contributed by atoms with E-state index in [1.54, 1.807) is 44.8 Å². The van der Waals surface area contributed by atoms with Crippen LogP contribution in [0.25, 0.3) is 11.2 Å². The van der Waals surface area contributed by atoms with E-state index in [0.717, 1.165) is 16.7 Å². The minimum absolute atomic E-state index is 0.0123. The lowest BCUT2D eigenvalue weighted by atomic mass is 9.80. The summed E-state index contributed by atoms with van der Waals surface area (Å²) in [7, 11) is -1.35. The molecule has 6 atom stereocenters. The van der Waals surface area contributed by atoms with Crippen LogP contribution in [0.5, 0.6) is 11.5 Å². The van der Waals surface area contributed by atoms with Crippen LogP contribution in [-0.4, -0.2) is 95.2 Å². The van der Waals surface area contributed by atoms with Gasteiger partial charge in [0.1, 0.15) is 47.3 Å². The number of nitriles is 1. The Balaban J connectivity index is 1.33. The van der Waals surface area contributed by atoms with Crippen molar-refractivity contribution in [2.75, 3.05) is 26.1 Å². The average molecular weight is 986 g/mol. The van der Waals surface area contributed by atoms with Gasteiger partial charge in [0.2, 0.25) is 0 Å². The first-order chi connectivity index (χ1) is 33.5. The summed E-state index contributed by atoms with van der Waals surface area (Å²) in [6, 6.07) is 37.2. The van der Waals surface area contributed by atoms with Crippen LogP contribution in [0.4, 0.5) is 5.82 Å². The molecule has 1 N–H and O–H groups in total. The van der Waals surface area contributed by atoms with Crippen molar-refractivity contribution in [3.63, 3.8) is 0 Å². The van der Waals surface area contributed by atoms with Gasteiger partial charge in [-0.2, -0.15) is 5.26 Å². The SMILES string of the molecule is COc1ccc(C(OC2[C@H]3O[C@@H](n4cnc5c(NC(=O)c6ccccc6)ncnc54)[C@H](OP(OCCC#N)N(C(C)C)C(C)C)[C@@]23O[Si](C)(C)C(C)(C)C)(c2ccccc2)c2ccc(OC)cc2)cc1. The number of anilines is 1. The zero-order chi connectivity index (χ0) is 50.0. The topological polar surface area (TPSA) is 164 Å². The molecule has 4 aromatic carbocycles. The van der Waals surface area contributed by atoms with Gasteiger partial charge in [-0.05, 0) is 98.9 Å². The Kier molecular flexibility index (Phi) is 15.0. The van der Waals surface area contributed by atoms with E-state index in [1.807, 2.05) is 77.4 Å². The Morgan fingerprint density at radius 1 is 0.843 bits per heavy atom. The summed E-state index contributed by atoms with van der Waals surface area (Å²) in [5.74, 6) is 1.30. The number of fused-ring (bicyclic) bond motifs is 2. The number of hydrogen-bond donors (Lipinski definition) is 1. The number of methoxy groups -OCH3 is 2. The highest BCUT2D eigenvalue weighted by molar-refractivity contribution is 7.44. The van der Waals surface area contributed by atoms with Crippen molar-refractivity contribution < 1.29 is 37.2 Å². The molecular weight excluding hydrogens is 922 g/mol.